The van der Waals surface area contributed by atoms with Crippen LogP contribution >= 0.6 is 27.3 Å². The van der Waals surface area contributed by atoms with Gasteiger partial charge in [0.1, 0.15) is 5.69 Å². The Morgan fingerprint density at radius 2 is 2.22 bits per heavy atom. The summed E-state index contributed by atoms with van der Waals surface area (Å²) in [6, 6.07) is 3.85. The van der Waals surface area contributed by atoms with Crippen molar-refractivity contribution >= 4 is 32.9 Å². The Bertz CT molecular complexity index is 690. The van der Waals surface area contributed by atoms with E-state index in [0.717, 1.165) is 33.1 Å². The van der Waals surface area contributed by atoms with Crippen LogP contribution in [0.4, 0.5) is 0 Å². The van der Waals surface area contributed by atoms with E-state index in [1.807, 2.05) is 28.1 Å². The topological polar surface area (TPSA) is 69.1 Å². The molecule has 0 atom stereocenters. The van der Waals surface area contributed by atoms with Gasteiger partial charge in [0.15, 0.2) is 11.5 Å². The van der Waals surface area contributed by atoms with Crippen LogP contribution in [0.5, 0.6) is 0 Å². The fraction of sp³-hybridized carbons (Fsp3) is 0.182. The fourth-order valence-corrected chi connectivity index (χ4v) is 2.82. The molecule has 3 aromatic heterocycles. The Morgan fingerprint density at radius 3 is 3.06 bits per heavy atom. The van der Waals surface area contributed by atoms with Crippen LogP contribution in [0.1, 0.15) is 5.01 Å². The van der Waals surface area contributed by atoms with Crippen molar-refractivity contribution in [3.63, 3.8) is 0 Å². The molecule has 2 N–H and O–H groups in total. The largest absolute Gasteiger partial charge is 0.330 e. The Hall–Kier alpha value is -1.31. The molecule has 3 aromatic rings. The van der Waals surface area contributed by atoms with Crippen LogP contribution in [0, 0.1) is 0 Å². The lowest BCUT2D eigenvalue weighted by molar-refractivity contribution is 0.950. The van der Waals surface area contributed by atoms with Crippen molar-refractivity contribution in [2.75, 3.05) is 6.54 Å². The second kappa shape index (κ2) is 4.75. The van der Waals surface area contributed by atoms with E-state index in [2.05, 4.69) is 31.1 Å². The summed E-state index contributed by atoms with van der Waals surface area (Å²) in [6.45, 7) is 0.610. The van der Waals surface area contributed by atoms with E-state index in [-0.39, 0.29) is 0 Å². The number of nitrogens with two attached hydrogens (primary N) is 1. The first kappa shape index (κ1) is 11.8. The minimum absolute atomic E-state index is 0.610. The minimum atomic E-state index is 0.610. The third-order valence-electron chi connectivity index (χ3n) is 2.51. The van der Waals surface area contributed by atoms with Crippen molar-refractivity contribution in [1.82, 2.24) is 19.6 Å². The van der Waals surface area contributed by atoms with E-state index in [1.54, 1.807) is 11.3 Å². The average Bonchev–Trinajstić information content (AvgIpc) is 2.95. The summed E-state index contributed by atoms with van der Waals surface area (Å²) >= 11 is 5.04. The molecule has 7 heteroatoms. The number of hydrogen-bond donors (Lipinski definition) is 1. The standard InChI is InChI=1S/C11H10BrN5S/c12-7-1-2-9-15-16-11(17(9)5-7)8-6-18-10(14-8)3-4-13/h1-2,5-6H,3-4,13H2. The molecule has 0 aliphatic heterocycles. The molecular weight excluding hydrogens is 314 g/mol. The maximum atomic E-state index is 5.53. The summed E-state index contributed by atoms with van der Waals surface area (Å²) in [5.41, 5.74) is 7.17. The van der Waals surface area contributed by atoms with Crippen molar-refractivity contribution in [2.24, 2.45) is 5.73 Å². The fourth-order valence-electron chi connectivity index (χ4n) is 1.69. The lowest BCUT2D eigenvalue weighted by atomic mass is 10.4. The number of rotatable bonds is 3. The molecule has 92 valence electrons. The van der Waals surface area contributed by atoms with Crippen LogP contribution in [-0.4, -0.2) is 26.1 Å². The number of fused-ring (bicyclic) bond motifs is 1. The number of halogens is 1. The Morgan fingerprint density at radius 1 is 1.33 bits per heavy atom. The Labute approximate surface area is 116 Å². The molecule has 0 saturated carbocycles. The SMILES string of the molecule is NCCc1nc(-c2nnc3ccc(Br)cn23)cs1. The van der Waals surface area contributed by atoms with Gasteiger partial charge in [-0.05, 0) is 34.6 Å². The number of nitrogens with zero attached hydrogens (tertiary/aromatic N) is 4. The number of aromatic nitrogens is 4. The molecular formula is C11H10BrN5S. The van der Waals surface area contributed by atoms with Crippen LogP contribution in [0.15, 0.2) is 28.2 Å². The van der Waals surface area contributed by atoms with Crippen molar-refractivity contribution in [2.45, 2.75) is 6.42 Å². The second-order valence-electron chi connectivity index (χ2n) is 3.76. The smallest absolute Gasteiger partial charge is 0.187 e. The van der Waals surface area contributed by atoms with Crippen LogP contribution in [0.25, 0.3) is 17.2 Å². The Kier molecular flexibility index (Phi) is 3.11. The van der Waals surface area contributed by atoms with Crippen LogP contribution in [-0.2, 0) is 6.42 Å². The second-order valence-corrected chi connectivity index (χ2v) is 5.62. The van der Waals surface area contributed by atoms with E-state index in [0.29, 0.717) is 6.54 Å². The highest BCUT2D eigenvalue weighted by Gasteiger charge is 2.11. The van der Waals surface area contributed by atoms with E-state index in [9.17, 15) is 0 Å². The molecule has 3 rings (SSSR count). The summed E-state index contributed by atoms with van der Waals surface area (Å²) in [4.78, 5) is 4.52. The quantitative estimate of drug-likeness (QED) is 0.801. The third kappa shape index (κ3) is 2.05. The molecule has 0 radical (unpaired) electrons. The monoisotopic (exact) mass is 323 g/mol. The highest BCUT2D eigenvalue weighted by atomic mass is 79.9. The molecule has 18 heavy (non-hydrogen) atoms. The predicted molar refractivity (Wildman–Crippen MR) is 74.6 cm³/mol. The first-order valence-corrected chi connectivity index (χ1v) is 7.10. The van der Waals surface area contributed by atoms with Gasteiger partial charge in [-0.3, -0.25) is 4.40 Å². The van der Waals surface area contributed by atoms with Crippen molar-refractivity contribution in [3.05, 3.63) is 33.2 Å². The Balaban J connectivity index is 2.09. The van der Waals surface area contributed by atoms with E-state index >= 15 is 0 Å². The minimum Gasteiger partial charge on any atom is -0.330 e. The molecule has 0 saturated heterocycles. The predicted octanol–water partition coefficient (Wildman–Crippen LogP) is 2.12. The van der Waals surface area contributed by atoms with Gasteiger partial charge in [0.2, 0.25) is 0 Å². The van der Waals surface area contributed by atoms with Gasteiger partial charge in [0, 0.05) is 22.5 Å². The highest BCUT2D eigenvalue weighted by molar-refractivity contribution is 9.10. The number of thiazole rings is 1. The van der Waals surface area contributed by atoms with E-state index < -0.39 is 0 Å². The van der Waals surface area contributed by atoms with E-state index in [1.165, 1.54) is 0 Å². The van der Waals surface area contributed by atoms with Gasteiger partial charge in [-0.15, -0.1) is 21.5 Å². The molecule has 0 aliphatic carbocycles. The lowest BCUT2D eigenvalue weighted by Gasteiger charge is -1.97. The number of hydrogen-bond acceptors (Lipinski definition) is 5. The van der Waals surface area contributed by atoms with Gasteiger partial charge < -0.3 is 5.73 Å². The van der Waals surface area contributed by atoms with Crippen LogP contribution in [0.2, 0.25) is 0 Å². The summed E-state index contributed by atoms with van der Waals surface area (Å²) in [5.74, 6) is 0.755. The van der Waals surface area contributed by atoms with Gasteiger partial charge in [0.05, 0.1) is 5.01 Å². The summed E-state index contributed by atoms with van der Waals surface area (Å²) < 4.78 is 2.90. The molecule has 0 aliphatic rings. The number of pyridine rings is 1. The maximum Gasteiger partial charge on any atom is 0.187 e. The molecule has 0 spiro atoms. The summed E-state index contributed by atoms with van der Waals surface area (Å²) in [7, 11) is 0. The van der Waals surface area contributed by atoms with Crippen molar-refractivity contribution in [3.8, 4) is 11.5 Å². The molecule has 0 aromatic carbocycles. The van der Waals surface area contributed by atoms with Gasteiger partial charge in [-0.1, -0.05) is 0 Å². The molecule has 0 amide bonds. The average molecular weight is 324 g/mol. The van der Waals surface area contributed by atoms with Gasteiger partial charge in [0.25, 0.3) is 0 Å². The first-order chi connectivity index (χ1) is 8.78. The highest BCUT2D eigenvalue weighted by Crippen LogP contribution is 2.22. The van der Waals surface area contributed by atoms with Crippen LogP contribution < -0.4 is 5.73 Å². The zero-order valence-electron chi connectivity index (χ0n) is 9.38. The zero-order valence-corrected chi connectivity index (χ0v) is 11.8. The summed E-state index contributed by atoms with van der Waals surface area (Å²) in [5, 5.41) is 11.3. The molecule has 5 nitrogen and oxygen atoms in total. The molecule has 0 unspecified atom stereocenters. The molecule has 0 bridgehead atoms. The summed E-state index contributed by atoms with van der Waals surface area (Å²) in [6.07, 6.45) is 2.73. The normalized spacial score (nSPS) is 11.2. The zero-order chi connectivity index (χ0) is 12.5. The van der Waals surface area contributed by atoms with E-state index in [4.69, 9.17) is 5.73 Å². The van der Waals surface area contributed by atoms with Gasteiger partial charge in [-0.2, -0.15) is 0 Å². The molecule has 3 heterocycles. The van der Waals surface area contributed by atoms with Crippen molar-refractivity contribution in [1.29, 1.82) is 0 Å². The molecule has 0 fully saturated rings. The van der Waals surface area contributed by atoms with Gasteiger partial charge >= 0.3 is 0 Å². The first-order valence-electron chi connectivity index (χ1n) is 5.43. The van der Waals surface area contributed by atoms with Crippen LogP contribution in [0.3, 0.4) is 0 Å². The van der Waals surface area contributed by atoms with Crippen molar-refractivity contribution < 1.29 is 0 Å². The maximum absolute atomic E-state index is 5.53. The third-order valence-corrected chi connectivity index (χ3v) is 3.88. The van der Waals surface area contributed by atoms with Gasteiger partial charge in [-0.25, -0.2) is 4.98 Å². The lowest BCUT2D eigenvalue weighted by Crippen LogP contribution is -2.02.